The smallest absolute Gasteiger partial charge is 0.251 e. The Hall–Kier alpha value is -3.94. The van der Waals surface area contributed by atoms with Crippen LogP contribution >= 0.6 is 0 Å². The molecule has 0 spiro atoms. The summed E-state index contributed by atoms with van der Waals surface area (Å²) in [6.07, 6.45) is 5.39. The first-order chi connectivity index (χ1) is 14.6. The third kappa shape index (κ3) is 4.91. The van der Waals surface area contributed by atoms with Gasteiger partial charge in [-0.2, -0.15) is 5.10 Å². The molecule has 0 saturated heterocycles. The van der Waals surface area contributed by atoms with Crippen molar-refractivity contribution in [1.82, 2.24) is 15.1 Å². The van der Waals surface area contributed by atoms with E-state index in [4.69, 9.17) is 0 Å². The summed E-state index contributed by atoms with van der Waals surface area (Å²) in [4.78, 5) is 36.1. The van der Waals surface area contributed by atoms with Gasteiger partial charge in [0.1, 0.15) is 0 Å². The number of carbonyl (C=O) groups excluding carboxylic acids is 3. The van der Waals surface area contributed by atoms with E-state index in [1.54, 1.807) is 47.3 Å². The van der Waals surface area contributed by atoms with Crippen molar-refractivity contribution in [3.05, 3.63) is 72.6 Å². The van der Waals surface area contributed by atoms with E-state index in [1.165, 1.54) is 0 Å². The minimum absolute atomic E-state index is 0.0153. The van der Waals surface area contributed by atoms with E-state index in [0.29, 0.717) is 16.9 Å². The summed E-state index contributed by atoms with van der Waals surface area (Å²) in [7, 11) is 0. The number of carbonyl (C=O) groups is 3. The average Bonchev–Trinajstić information content (AvgIpc) is 3.48. The number of amides is 3. The van der Waals surface area contributed by atoms with Crippen molar-refractivity contribution in [1.29, 1.82) is 0 Å². The van der Waals surface area contributed by atoms with Crippen molar-refractivity contribution in [2.24, 2.45) is 5.92 Å². The van der Waals surface area contributed by atoms with Gasteiger partial charge in [-0.25, -0.2) is 4.68 Å². The highest BCUT2D eigenvalue weighted by molar-refractivity contribution is 6.00. The lowest BCUT2D eigenvalue weighted by molar-refractivity contribution is -0.117. The van der Waals surface area contributed by atoms with Gasteiger partial charge in [0.2, 0.25) is 11.8 Å². The predicted molar refractivity (Wildman–Crippen MR) is 112 cm³/mol. The van der Waals surface area contributed by atoms with Crippen LogP contribution in [0.25, 0.3) is 5.69 Å². The van der Waals surface area contributed by atoms with Crippen LogP contribution in [0.4, 0.5) is 11.4 Å². The van der Waals surface area contributed by atoms with Gasteiger partial charge in [-0.15, -0.1) is 0 Å². The predicted octanol–water partition coefficient (Wildman–Crippen LogP) is 2.59. The lowest BCUT2D eigenvalue weighted by atomic mass is 10.2. The number of benzene rings is 2. The lowest BCUT2D eigenvalue weighted by Crippen LogP contribution is -2.32. The first kappa shape index (κ1) is 19.4. The summed E-state index contributed by atoms with van der Waals surface area (Å²) in [5.74, 6) is -0.558. The molecule has 152 valence electrons. The zero-order chi connectivity index (χ0) is 20.9. The Labute approximate surface area is 173 Å². The molecule has 2 aromatic carbocycles. The van der Waals surface area contributed by atoms with Crippen LogP contribution in [0.15, 0.2) is 67.0 Å². The van der Waals surface area contributed by atoms with Crippen molar-refractivity contribution < 1.29 is 14.4 Å². The van der Waals surface area contributed by atoms with Crippen LogP contribution in [0.3, 0.4) is 0 Å². The molecule has 0 bridgehead atoms. The number of aromatic nitrogens is 2. The highest BCUT2D eigenvalue weighted by atomic mass is 16.2. The van der Waals surface area contributed by atoms with E-state index in [1.807, 2.05) is 24.4 Å². The van der Waals surface area contributed by atoms with E-state index in [2.05, 4.69) is 21.0 Å². The van der Waals surface area contributed by atoms with E-state index < -0.39 is 0 Å². The van der Waals surface area contributed by atoms with Gasteiger partial charge in [-0.1, -0.05) is 0 Å². The summed E-state index contributed by atoms with van der Waals surface area (Å²) in [6.45, 7) is -0.153. The molecular weight excluding hydrogens is 382 g/mol. The number of hydrogen-bond donors (Lipinski definition) is 3. The molecular formula is C22H21N5O3. The molecule has 0 radical (unpaired) electrons. The summed E-state index contributed by atoms with van der Waals surface area (Å²) < 4.78 is 1.72. The SMILES string of the molecule is O=C(CNC(=O)c1ccc(NC(=O)C2CC2)cc1)Nc1ccc(-n2cccn2)cc1. The number of rotatable bonds is 7. The number of nitrogens with one attached hydrogen (secondary N) is 3. The van der Waals surface area contributed by atoms with Gasteiger partial charge in [-0.3, -0.25) is 14.4 Å². The van der Waals surface area contributed by atoms with Crippen LogP contribution < -0.4 is 16.0 Å². The summed E-state index contributed by atoms with van der Waals surface area (Å²) in [5.41, 5.74) is 2.57. The second-order valence-corrected chi connectivity index (χ2v) is 7.07. The van der Waals surface area contributed by atoms with Crippen LogP contribution in [0, 0.1) is 5.92 Å². The molecule has 3 N–H and O–H groups in total. The highest BCUT2D eigenvalue weighted by Gasteiger charge is 2.29. The van der Waals surface area contributed by atoms with Gasteiger partial charge in [-0.05, 0) is 67.4 Å². The summed E-state index contributed by atoms with van der Waals surface area (Å²) >= 11 is 0. The topological polar surface area (TPSA) is 105 Å². The third-order valence-electron chi connectivity index (χ3n) is 4.69. The van der Waals surface area contributed by atoms with Gasteiger partial charge < -0.3 is 16.0 Å². The van der Waals surface area contributed by atoms with Crippen molar-refractivity contribution in [2.45, 2.75) is 12.8 Å². The van der Waals surface area contributed by atoms with Crippen molar-refractivity contribution >= 4 is 29.1 Å². The average molecular weight is 403 g/mol. The first-order valence-corrected chi connectivity index (χ1v) is 9.67. The molecule has 1 fully saturated rings. The molecule has 1 aliphatic carbocycles. The molecule has 1 aliphatic rings. The second kappa shape index (κ2) is 8.60. The Morgan fingerprint density at radius 2 is 1.60 bits per heavy atom. The maximum Gasteiger partial charge on any atom is 0.251 e. The molecule has 0 aliphatic heterocycles. The second-order valence-electron chi connectivity index (χ2n) is 7.07. The Morgan fingerprint density at radius 3 is 2.23 bits per heavy atom. The van der Waals surface area contributed by atoms with Crippen LogP contribution in [0.1, 0.15) is 23.2 Å². The van der Waals surface area contributed by atoms with Crippen molar-refractivity contribution in [3.63, 3.8) is 0 Å². The van der Waals surface area contributed by atoms with Crippen molar-refractivity contribution in [3.8, 4) is 5.69 Å². The molecule has 8 heteroatoms. The maximum atomic E-state index is 12.2. The van der Waals surface area contributed by atoms with Crippen molar-refractivity contribution in [2.75, 3.05) is 17.2 Å². The van der Waals surface area contributed by atoms with Crippen LogP contribution in [-0.2, 0) is 9.59 Å². The first-order valence-electron chi connectivity index (χ1n) is 9.67. The normalized spacial score (nSPS) is 12.8. The molecule has 1 saturated carbocycles. The molecule has 30 heavy (non-hydrogen) atoms. The van der Waals surface area contributed by atoms with Gasteiger partial charge in [0.15, 0.2) is 0 Å². The van der Waals surface area contributed by atoms with Gasteiger partial charge in [0.05, 0.1) is 12.2 Å². The summed E-state index contributed by atoms with van der Waals surface area (Å²) in [6, 6.07) is 15.6. The maximum absolute atomic E-state index is 12.2. The zero-order valence-corrected chi connectivity index (χ0v) is 16.2. The molecule has 1 heterocycles. The fourth-order valence-corrected chi connectivity index (χ4v) is 2.88. The zero-order valence-electron chi connectivity index (χ0n) is 16.2. The Bertz CT molecular complexity index is 1040. The molecule has 4 rings (SSSR count). The lowest BCUT2D eigenvalue weighted by Gasteiger charge is -2.09. The molecule has 8 nitrogen and oxygen atoms in total. The number of hydrogen-bond acceptors (Lipinski definition) is 4. The van der Waals surface area contributed by atoms with E-state index in [0.717, 1.165) is 18.5 Å². The Balaban J connectivity index is 1.25. The van der Waals surface area contributed by atoms with Crippen LogP contribution in [-0.4, -0.2) is 34.0 Å². The fourth-order valence-electron chi connectivity index (χ4n) is 2.88. The summed E-state index contributed by atoms with van der Waals surface area (Å²) in [5, 5.41) is 12.3. The van der Waals surface area contributed by atoms with Crippen LogP contribution in [0.2, 0.25) is 0 Å². The molecule has 0 atom stereocenters. The van der Waals surface area contributed by atoms with E-state index in [-0.39, 0.29) is 30.2 Å². The van der Waals surface area contributed by atoms with Gasteiger partial charge in [0.25, 0.3) is 5.91 Å². The molecule has 1 aromatic heterocycles. The standard InChI is InChI=1S/C22H21N5O3/c28-20(25-17-8-10-19(11-9-17)27-13-1-12-24-27)14-23-21(29)15-4-6-18(7-5-15)26-22(30)16-2-3-16/h1,4-13,16H,2-3,14H2,(H,23,29)(H,25,28)(H,26,30). The Morgan fingerprint density at radius 1 is 0.933 bits per heavy atom. The quantitative estimate of drug-likeness (QED) is 0.564. The molecule has 0 unspecified atom stereocenters. The monoisotopic (exact) mass is 403 g/mol. The van der Waals surface area contributed by atoms with Gasteiger partial charge in [0, 0.05) is 35.2 Å². The van der Waals surface area contributed by atoms with Gasteiger partial charge >= 0.3 is 0 Å². The molecule has 3 amide bonds. The van der Waals surface area contributed by atoms with E-state index in [9.17, 15) is 14.4 Å². The highest BCUT2D eigenvalue weighted by Crippen LogP contribution is 2.30. The minimum atomic E-state index is -0.362. The largest absolute Gasteiger partial charge is 0.343 e. The van der Waals surface area contributed by atoms with E-state index >= 15 is 0 Å². The minimum Gasteiger partial charge on any atom is -0.343 e. The molecule has 3 aromatic rings. The number of anilines is 2. The third-order valence-corrected chi connectivity index (χ3v) is 4.69. The van der Waals surface area contributed by atoms with Crippen LogP contribution in [0.5, 0.6) is 0 Å². The fraction of sp³-hybridized carbons (Fsp3) is 0.182. The Kier molecular flexibility index (Phi) is 5.56. The number of nitrogens with zero attached hydrogens (tertiary/aromatic N) is 2.